The molecule has 0 aromatic heterocycles. The highest BCUT2D eigenvalue weighted by Gasteiger charge is 2.60. The number of thiocarbonyl (C=S) groups is 1. The molecule has 2 fully saturated rings. The zero-order valence-corrected chi connectivity index (χ0v) is 14.2. The molecule has 4 heteroatoms. The lowest BCUT2D eigenvalue weighted by Gasteiger charge is -2.44. The van der Waals surface area contributed by atoms with Crippen LogP contribution in [0.3, 0.4) is 0 Å². The lowest BCUT2D eigenvalue weighted by molar-refractivity contribution is -0.129. The first-order valence-corrected chi connectivity index (χ1v) is 8.09. The van der Waals surface area contributed by atoms with Crippen molar-refractivity contribution in [1.82, 2.24) is 5.32 Å². The van der Waals surface area contributed by atoms with Crippen molar-refractivity contribution < 1.29 is 4.79 Å². The summed E-state index contributed by atoms with van der Waals surface area (Å²) in [5.74, 6) is 0.717. The number of hydrogen-bond acceptors (Lipinski definition) is 2. The van der Waals surface area contributed by atoms with Crippen LogP contribution in [-0.2, 0) is 4.79 Å². The molecule has 4 unspecified atom stereocenters. The summed E-state index contributed by atoms with van der Waals surface area (Å²) in [7, 11) is 0. The number of carbonyl (C=O) groups excluding carboxylic acids is 1. The predicted octanol–water partition coefficient (Wildman–Crippen LogP) is 3.02. The lowest BCUT2D eigenvalue weighted by atomic mass is 9.68. The van der Waals surface area contributed by atoms with Gasteiger partial charge >= 0.3 is 0 Å². The van der Waals surface area contributed by atoms with Crippen LogP contribution in [0, 0.1) is 22.2 Å². The molecule has 0 aliphatic heterocycles. The molecular weight excluding hydrogens is 268 g/mol. The first kappa shape index (κ1) is 15.7. The Bertz CT molecular complexity index is 443. The van der Waals surface area contributed by atoms with Gasteiger partial charge in [0.2, 0.25) is 5.91 Å². The van der Waals surface area contributed by atoms with E-state index in [1.54, 1.807) is 0 Å². The van der Waals surface area contributed by atoms with E-state index in [0.29, 0.717) is 11.4 Å². The Morgan fingerprint density at radius 1 is 1.45 bits per heavy atom. The van der Waals surface area contributed by atoms with Crippen molar-refractivity contribution in [3.05, 3.63) is 0 Å². The third-order valence-corrected chi connectivity index (χ3v) is 6.75. The maximum absolute atomic E-state index is 12.7. The van der Waals surface area contributed by atoms with Gasteiger partial charge < -0.3 is 11.1 Å². The molecule has 0 radical (unpaired) electrons. The van der Waals surface area contributed by atoms with E-state index >= 15 is 0 Å². The highest BCUT2D eigenvalue weighted by molar-refractivity contribution is 7.80. The zero-order chi connectivity index (χ0) is 15.3. The molecule has 2 aliphatic carbocycles. The highest BCUT2D eigenvalue weighted by Crippen LogP contribution is 2.62. The van der Waals surface area contributed by atoms with Crippen molar-refractivity contribution in [1.29, 1.82) is 0 Å². The van der Waals surface area contributed by atoms with Crippen molar-refractivity contribution in [3.8, 4) is 0 Å². The molecule has 0 heterocycles. The SMILES string of the molecule is CCC(C)(C(=O)NC1C2(C)CCC(C2)C1(C)C)C(N)=S. The van der Waals surface area contributed by atoms with Crippen LogP contribution in [0.25, 0.3) is 0 Å². The number of hydrogen-bond donors (Lipinski definition) is 2. The van der Waals surface area contributed by atoms with Gasteiger partial charge in [-0.05, 0) is 49.4 Å². The molecule has 2 aliphatic rings. The molecule has 4 atom stereocenters. The number of fused-ring (bicyclic) bond motifs is 2. The zero-order valence-electron chi connectivity index (χ0n) is 13.4. The van der Waals surface area contributed by atoms with Gasteiger partial charge in [-0.3, -0.25) is 4.79 Å². The standard InChI is InChI=1S/C16H28N2OS/c1-6-16(5,12(17)20)13(19)18-11-14(2,3)10-7-8-15(11,4)9-10/h10-11H,6-9H2,1-5H3,(H2,17,20)(H,18,19). The van der Waals surface area contributed by atoms with Gasteiger partial charge in [-0.1, -0.05) is 39.9 Å². The Labute approximate surface area is 128 Å². The fraction of sp³-hybridized carbons (Fsp3) is 0.875. The first-order valence-electron chi connectivity index (χ1n) is 7.69. The maximum atomic E-state index is 12.7. The minimum Gasteiger partial charge on any atom is -0.392 e. The summed E-state index contributed by atoms with van der Waals surface area (Å²) < 4.78 is 0. The average molecular weight is 296 g/mol. The molecule has 2 bridgehead atoms. The van der Waals surface area contributed by atoms with Crippen LogP contribution >= 0.6 is 12.2 Å². The predicted molar refractivity (Wildman–Crippen MR) is 86.3 cm³/mol. The molecule has 2 rings (SSSR count). The minimum atomic E-state index is -0.733. The number of amides is 1. The van der Waals surface area contributed by atoms with Crippen LogP contribution < -0.4 is 11.1 Å². The number of nitrogens with one attached hydrogen (secondary N) is 1. The second-order valence-electron chi connectivity index (χ2n) is 7.87. The van der Waals surface area contributed by atoms with E-state index in [1.807, 2.05) is 13.8 Å². The second-order valence-corrected chi connectivity index (χ2v) is 8.31. The quantitative estimate of drug-likeness (QED) is 0.784. The number of carbonyl (C=O) groups is 1. The fourth-order valence-corrected chi connectivity index (χ4v) is 4.64. The summed E-state index contributed by atoms with van der Waals surface area (Å²) in [4.78, 5) is 13.0. The van der Waals surface area contributed by atoms with E-state index in [-0.39, 0.29) is 22.8 Å². The molecule has 0 aromatic carbocycles. The van der Waals surface area contributed by atoms with Crippen molar-refractivity contribution >= 4 is 23.1 Å². The van der Waals surface area contributed by atoms with Crippen molar-refractivity contribution in [2.24, 2.45) is 27.9 Å². The second kappa shape index (κ2) is 4.69. The summed E-state index contributed by atoms with van der Waals surface area (Å²) in [5.41, 5.74) is 5.46. The Kier molecular flexibility index (Phi) is 3.69. The Morgan fingerprint density at radius 2 is 2.05 bits per heavy atom. The van der Waals surface area contributed by atoms with Crippen LogP contribution in [0.1, 0.15) is 60.3 Å². The third-order valence-electron chi connectivity index (χ3n) is 6.30. The summed E-state index contributed by atoms with van der Waals surface area (Å²) >= 11 is 5.12. The van der Waals surface area contributed by atoms with Crippen molar-refractivity contribution in [2.45, 2.75) is 66.3 Å². The van der Waals surface area contributed by atoms with Gasteiger partial charge in [0, 0.05) is 6.04 Å². The van der Waals surface area contributed by atoms with Gasteiger partial charge in [0.1, 0.15) is 0 Å². The molecule has 2 saturated carbocycles. The van der Waals surface area contributed by atoms with Gasteiger partial charge in [-0.15, -0.1) is 0 Å². The fourth-order valence-electron chi connectivity index (χ4n) is 4.40. The highest BCUT2D eigenvalue weighted by atomic mass is 32.1. The molecule has 3 N–H and O–H groups in total. The van der Waals surface area contributed by atoms with E-state index < -0.39 is 5.41 Å². The van der Waals surface area contributed by atoms with E-state index in [1.165, 1.54) is 19.3 Å². The summed E-state index contributed by atoms with van der Waals surface area (Å²) in [5, 5.41) is 3.31. The topological polar surface area (TPSA) is 55.1 Å². The molecule has 0 aromatic rings. The van der Waals surface area contributed by atoms with Crippen LogP contribution in [0.15, 0.2) is 0 Å². The van der Waals surface area contributed by atoms with Gasteiger partial charge in [-0.25, -0.2) is 0 Å². The van der Waals surface area contributed by atoms with Crippen LogP contribution in [0.4, 0.5) is 0 Å². The van der Waals surface area contributed by atoms with Crippen LogP contribution in [0.5, 0.6) is 0 Å². The average Bonchev–Trinajstić information content (AvgIpc) is 2.84. The molecular formula is C16H28N2OS. The molecule has 0 spiro atoms. The third kappa shape index (κ3) is 2.07. The first-order chi connectivity index (χ1) is 9.08. The van der Waals surface area contributed by atoms with E-state index in [0.717, 1.165) is 5.92 Å². The van der Waals surface area contributed by atoms with Gasteiger partial charge in [0.05, 0.1) is 10.4 Å². The molecule has 20 heavy (non-hydrogen) atoms. The van der Waals surface area contributed by atoms with E-state index in [2.05, 4.69) is 26.1 Å². The van der Waals surface area contributed by atoms with E-state index in [4.69, 9.17) is 18.0 Å². The molecule has 114 valence electrons. The smallest absolute Gasteiger partial charge is 0.233 e. The van der Waals surface area contributed by atoms with Gasteiger partial charge in [0.25, 0.3) is 0 Å². The summed E-state index contributed by atoms with van der Waals surface area (Å²) in [6.07, 6.45) is 4.36. The maximum Gasteiger partial charge on any atom is 0.233 e. The number of rotatable bonds is 4. The molecule has 1 amide bonds. The number of nitrogens with two attached hydrogens (primary N) is 1. The molecule has 0 saturated heterocycles. The van der Waals surface area contributed by atoms with Crippen molar-refractivity contribution in [3.63, 3.8) is 0 Å². The van der Waals surface area contributed by atoms with Crippen molar-refractivity contribution in [2.75, 3.05) is 0 Å². The molecule has 3 nitrogen and oxygen atoms in total. The monoisotopic (exact) mass is 296 g/mol. The summed E-state index contributed by atoms with van der Waals surface area (Å²) in [6.45, 7) is 10.7. The Hall–Kier alpha value is -0.640. The van der Waals surface area contributed by atoms with E-state index in [9.17, 15) is 4.79 Å². The van der Waals surface area contributed by atoms with Crippen LogP contribution in [0.2, 0.25) is 0 Å². The largest absolute Gasteiger partial charge is 0.392 e. The van der Waals surface area contributed by atoms with Gasteiger partial charge in [0.15, 0.2) is 0 Å². The summed E-state index contributed by atoms with van der Waals surface area (Å²) in [6, 6.07) is 0.224. The lowest BCUT2D eigenvalue weighted by Crippen LogP contribution is -2.57. The van der Waals surface area contributed by atoms with Crippen LogP contribution in [-0.4, -0.2) is 16.9 Å². The Morgan fingerprint density at radius 3 is 2.45 bits per heavy atom. The minimum absolute atomic E-state index is 0.000602. The van der Waals surface area contributed by atoms with Gasteiger partial charge in [-0.2, -0.15) is 0 Å². The normalized spacial score (nSPS) is 37.5. The Balaban J connectivity index is 2.22.